The zero-order valence-corrected chi connectivity index (χ0v) is 12.0. The van der Waals surface area contributed by atoms with Crippen molar-refractivity contribution in [2.75, 3.05) is 37.7 Å². The summed E-state index contributed by atoms with van der Waals surface area (Å²) in [6, 6.07) is 6.15. The Hall–Kier alpha value is -1.59. The number of fused-ring (bicyclic) bond motifs is 1. The molecule has 0 bridgehead atoms. The molecule has 5 heteroatoms. The summed E-state index contributed by atoms with van der Waals surface area (Å²) in [5, 5.41) is 3.42. The molecule has 1 saturated heterocycles. The molecule has 0 saturated carbocycles. The Balaban J connectivity index is 1.98. The largest absolute Gasteiger partial charge is 0.380 e. The number of rotatable bonds is 4. The van der Waals surface area contributed by atoms with Crippen LogP contribution in [0.3, 0.4) is 0 Å². The number of anilines is 1. The third-order valence-electron chi connectivity index (χ3n) is 3.67. The predicted molar refractivity (Wildman–Crippen MR) is 80.2 cm³/mol. The van der Waals surface area contributed by atoms with Gasteiger partial charge in [-0.25, -0.2) is 4.98 Å². The van der Waals surface area contributed by atoms with Crippen molar-refractivity contribution in [1.82, 2.24) is 14.7 Å². The SMILES string of the molecule is CCNCc1c(N2CCCOCC2)nc2ccccn12. The summed E-state index contributed by atoms with van der Waals surface area (Å²) in [6.45, 7) is 7.51. The smallest absolute Gasteiger partial charge is 0.152 e. The lowest BCUT2D eigenvalue weighted by Gasteiger charge is -2.21. The minimum Gasteiger partial charge on any atom is -0.380 e. The summed E-state index contributed by atoms with van der Waals surface area (Å²) in [6.07, 6.45) is 3.15. The fourth-order valence-electron chi connectivity index (χ4n) is 2.65. The highest BCUT2D eigenvalue weighted by Crippen LogP contribution is 2.22. The van der Waals surface area contributed by atoms with Crippen LogP contribution in [-0.4, -0.2) is 42.2 Å². The van der Waals surface area contributed by atoms with Crippen molar-refractivity contribution >= 4 is 11.5 Å². The first kappa shape index (κ1) is 13.4. The second-order valence-corrected chi connectivity index (χ2v) is 5.04. The summed E-state index contributed by atoms with van der Waals surface area (Å²) in [5.41, 5.74) is 2.25. The van der Waals surface area contributed by atoms with Gasteiger partial charge in [0.2, 0.25) is 0 Å². The zero-order valence-electron chi connectivity index (χ0n) is 12.0. The summed E-state index contributed by atoms with van der Waals surface area (Å²) in [5.74, 6) is 1.10. The topological polar surface area (TPSA) is 41.8 Å². The van der Waals surface area contributed by atoms with E-state index in [-0.39, 0.29) is 0 Å². The number of nitrogens with one attached hydrogen (secondary N) is 1. The van der Waals surface area contributed by atoms with Crippen molar-refractivity contribution in [2.45, 2.75) is 19.9 Å². The summed E-state index contributed by atoms with van der Waals surface area (Å²) in [4.78, 5) is 7.18. The van der Waals surface area contributed by atoms with Gasteiger partial charge >= 0.3 is 0 Å². The fraction of sp³-hybridized carbons (Fsp3) is 0.533. The molecule has 3 rings (SSSR count). The van der Waals surface area contributed by atoms with Crippen molar-refractivity contribution in [2.24, 2.45) is 0 Å². The Bertz CT molecular complexity index is 558. The average molecular weight is 274 g/mol. The summed E-state index contributed by atoms with van der Waals surface area (Å²) >= 11 is 0. The molecule has 1 aliphatic heterocycles. The molecule has 20 heavy (non-hydrogen) atoms. The maximum atomic E-state index is 5.55. The lowest BCUT2D eigenvalue weighted by Crippen LogP contribution is -2.28. The average Bonchev–Trinajstić information content (AvgIpc) is 2.66. The number of pyridine rings is 1. The molecule has 1 fully saturated rings. The molecule has 2 aromatic rings. The van der Waals surface area contributed by atoms with E-state index in [0.717, 1.165) is 57.3 Å². The Morgan fingerprint density at radius 3 is 3.15 bits per heavy atom. The van der Waals surface area contributed by atoms with Crippen LogP contribution in [0.2, 0.25) is 0 Å². The monoisotopic (exact) mass is 274 g/mol. The molecular weight excluding hydrogens is 252 g/mol. The van der Waals surface area contributed by atoms with Crippen LogP contribution in [0, 0.1) is 0 Å². The van der Waals surface area contributed by atoms with E-state index in [1.807, 2.05) is 6.07 Å². The van der Waals surface area contributed by atoms with Gasteiger partial charge in [-0.15, -0.1) is 0 Å². The van der Waals surface area contributed by atoms with Crippen LogP contribution in [0.4, 0.5) is 5.82 Å². The molecule has 108 valence electrons. The fourth-order valence-corrected chi connectivity index (χ4v) is 2.65. The molecule has 5 nitrogen and oxygen atoms in total. The minimum atomic E-state index is 0.786. The molecule has 1 N–H and O–H groups in total. The second-order valence-electron chi connectivity index (χ2n) is 5.04. The molecule has 0 unspecified atom stereocenters. The molecule has 1 aliphatic rings. The molecular formula is C15H22N4O. The second kappa shape index (κ2) is 6.24. The molecule has 0 radical (unpaired) electrons. The van der Waals surface area contributed by atoms with E-state index in [1.165, 1.54) is 5.69 Å². The number of imidazole rings is 1. The van der Waals surface area contributed by atoms with Crippen LogP contribution in [0.5, 0.6) is 0 Å². The maximum Gasteiger partial charge on any atom is 0.152 e. The molecule has 0 aliphatic carbocycles. The first-order valence-corrected chi connectivity index (χ1v) is 7.39. The normalized spacial score (nSPS) is 16.6. The van der Waals surface area contributed by atoms with E-state index >= 15 is 0 Å². The Morgan fingerprint density at radius 2 is 2.25 bits per heavy atom. The van der Waals surface area contributed by atoms with Gasteiger partial charge in [-0.3, -0.25) is 0 Å². The zero-order chi connectivity index (χ0) is 13.8. The molecule has 0 amide bonds. The molecule has 0 aromatic carbocycles. The number of nitrogens with zero attached hydrogens (tertiary/aromatic N) is 3. The predicted octanol–water partition coefficient (Wildman–Crippen LogP) is 1.67. The van der Waals surface area contributed by atoms with Crippen LogP contribution in [0.1, 0.15) is 19.0 Å². The van der Waals surface area contributed by atoms with Gasteiger partial charge in [-0.2, -0.15) is 0 Å². The third-order valence-corrected chi connectivity index (χ3v) is 3.67. The Kier molecular flexibility index (Phi) is 4.18. The first-order valence-electron chi connectivity index (χ1n) is 7.39. The van der Waals surface area contributed by atoms with Crippen molar-refractivity contribution in [3.05, 3.63) is 30.1 Å². The third kappa shape index (κ3) is 2.64. The van der Waals surface area contributed by atoms with Crippen LogP contribution >= 0.6 is 0 Å². The Morgan fingerprint density at radius 1 is 1.30 bits per heavy atom. The van der Waals surface area contributed by atoms with E-state index in [9.17, 15) is 0 Å². The van der Waals surface area contributed by atoms with Crippen LogP contribution < -0.4 is 10.2 Å². The summed E-state index contributed by atoms with van der Waals surface area (Å²) < 4.78 is 7.73. The van der Waals surface area contributed by atoms with Gasteiger partial charge < -0.3 is 19.4 Å². The summed E-state index contributed by atoms with van der Waals surface area (Å²) in [7, 11) is 0. The number of ether oxygens (including phenoxy) is 1. The van der Waals surface area contributed by atoms with Crippen LogP contribution in [0.25, 0.3) is 5.65 Å². The molecule has 3 heterocycles. The van der Waals surface area contributed by atoms with Crippen LogP contribution in [-0.2, 0) is 11.3 Å². The number of hydrogen-bond acceptors (Lipinski definition) is 4. The van der Waals surface area contributed by atoms with E-state index in [2.05, 4.69) is 39.9 Å². The maximum absolute atomic E-state index is 5.55. The van der Waals surface area contributed by atoms with Crippen molar-refractivity contribution in [1.29, 1.82) is 0 Å². The van der Waals surface area contributed by atoms with Crippen molar-refractivity contribution in [3.63, 3.8) is 0 Å². The van der Waals surface area contributed by atoms with Gasteiger partial charge in [0.1, 0.15) is 5.65 Å². The highest BCUT2D eigenvalue weighted by molar-refractivity contribution is 5.56. The minimum absolute atomic E-state index is 0.786. The molecule has 0 spiro atoms. The molecule has 0 atom stereocenters. The number of aromatic nitrogens is 2. The van der Waals surface area contributed by atoms with E-state index < -0.39 is 0 Å². The van der Waals surface area contributed by atoms with Crippen molar-refractivity contribution < 1.29 is 4.74 Å². The molecule has 2 aromatic heterocycles. The lowest BCUT2D eigenvalue weighted by atomic mass is 10.3. The van der Waals surface area contributed by atoms with E-state index in [0.29, 0.717) is 0 Å². The van der Waals surface area contributed by atoms with Gasteiger partial charge in [0.05, 0.1) is 12.3 Å². The van der Waals surface area contributed by atoms with Gasteiger partial charge in [0.25, 0.3) is 0 Å². The lowest BCUT2D eigenvalue weighted by molar-refractivity contribution is 0.152. The van der Waals surface area contributed by atoms with E-state index in [4.69, 9.17) is 9.72 Å². The number of hydrogen-bond donors (Lipinski definition) is 1. The highest BCUT2D eigenvalue weighted by Gasteiger charge is 2.19. The standard InChI is InChI=1S/C15H22N4O/c1-2-16-12-13-15(18-7-5-10-20-11-9-18)17-14-6-3-4-8-19(13)14/h3-4,6,8,16H,2,5,7,9-12H2,1H3. The van der Waals surface area contributed by atoms with Crippen molar-refractivity contribution in [3.8, 4) is 0 Å². The van der Waals surface area contributed by atoms with Crippen LogP contribution in [0.15, 0.2) is 24.4 Å². The van der Waals surface area contributed by atoms with Gasteiger partial charge in [-0.05, 0) is 25.1 Å². The van der Waals surface area contributed by atoms with Gasteiger partial charge in [0.15, 0.2) is 5.82 Å². The quantitative estimate of drug-likeness (QED) is 0.921. The van der Waals surface area contributed by atoms with E-state index in [1.54, 1.807) is 0 Å². The van der Waals surface area contributed by atoms with Gasteiger partial charge in [0, 0.05) is 32.4 Å². The Labute approximate surface area is 119 Å². The first-order chi connectivity index (χ1) is 9.90. The highest BCUT2D eigenvalue weighted by atomic mass is 16.5. The van der Waals surface area contributed by atoms with Gasteiger partial charge in [-0.1, -0.05) is 13.0 Å².